The zero-order valence-corrected chi connectivity index (χ0v) is 16.9. The number of imide groups is 1. The lowest BCUT2D eigenvalue weighted by atomic mass is 9.73. The number of anilines is 2. The van der Waals surface area contributed by atoms with Gasteiger partial charge in [-0.1, -0.05) is 31.9 Å². The predicted molar refractivity (Wildman–Crippen MR) is 107 cm³/mol. The summed E-state index contributed by atoms with van der Waals surface area (Å²) >= 11 is 0. The largest absolute Gasteiger partial charge is 0.325 e. The minimum absolute atomic E-state index is 0.0192. The second-order valence-corrected chi connectivity index (χ2v) is 8.70. The Balaban J connectivity index is 1.63. The first-order valence-corrected chi connectivity index (χ1v) is 10.1. The summed E-state index contributed by atoms with van der Waals surface area (Å²) in [5, 5.41) is 5.67. The number of nitrogens with one attached hydrogen (secondary N) is 2. The number of amides is 5. The van der Waals surface area contributed by atoms with E-state index in [4.69, 9.17) is 0 Å². The Morgan fingerprint density at radius 2 is 1.90 bits per heavy atom. The maximum Gasteiger partial charge on any atom is 0.325 e. The first-order chi connectivity index (χ1) is 13.7. The minimum atomic E-state index is -1.15. The Morgan fingerprint density at radius 3 is 2.62 bits per heavy atom. The number of para-hydroxylation sites is 2. The van der Waals surface area contributed by atoms with Gasteiger partial charge in [-0.05, 0) is 44.7 Å². The van der Waals surface area contributed by atoms with Crippen LogP contribution in [0.4, 0.5) is 16.2 Å². The Labute approximate surface area is 169 Å². The van der Waals surface area contributed by atoms with E-state index in [1.807, 2.05) is 6.92 Å². The van der Waals surface area contributed by atoms with Crippen molar-refractivity contribution in [3.8, 4) is 0 Å². The van der Waals surface area contributed by atoms with Gasteiger partial charge in [0.1, 0.15) is 17.6 Å². The molecule has 2 N–H and O–H groups in total. The van der Waals surface area contributed by atoms with Gasteiger partial charge < -0.3 is 10.6 Å². The lowest BCUT2D eigenvalue weighted by Gasteiger charge is -2.42. The molecule has 2 fully saturated rings. The number of benzene rings is 1. The molecule has 1 saturated heterocycles. The lowest BCUT2D eigenvalue weighted by molar-refractivity contribution is -0.137. The van der Waals surface area contributed by atoms with E-state index in [1.54, 1.807) is 38.1 Å². The van der Waals surface area contributed by atoms with Crippen LogP contribution in [0.1, 0.15) is 46.5 Å². The molecule has 29 heavy (non-hydrogen) atoms. The molecule has 5 amide bonds. The van der Waals surface area contributed by atoms with Crippen LogP contribution in [0, 0.1) is 5.92 Å². The number of urea groups is 1. The van der Waals surface area contributed by atoms with Crippen molar-refractivity contribution in [3.63, 3.8) is 0 Å². The molecule has 8 nitrogen and oxygen atoms in total. The Bertz CT molecular complexity index is 912. The van der Waals surface area contributed by atoms with Gasteiger partial charge in [-0.25, -0.2) is 4.79 Å². The third-order valence-corrected chi connectivity index (χ3v) is 6.55. The molecule has 1 aromatic rings. The zero-order chi connectivity index (χ0) is 21.0. The highest BCUT2D eigenvalue weighted by atomic mass is 16.2. The molecule has 2 heterocycles. The number of hydrogen-bond donors (Lipinski definition) is 2. The fourth-order valence-electron chi connectivity index (χ4n) is 4.74. The third-order valence-electron chi connectivity index (χ3n) is 6.55. The van der Waals surface area contributed by atoms with Crippen LogP contribution >= 0.6 is 0 Å². The molecule has 1 aliphatic carbocycles. The van der Waals surface area contributed by atoms with E-state index >= 15 is 0 Å². The highest BCUT2D eigenvalue weighted by molar-refractivity contribution is 6.16. The molecule has 0 unspecified atom stereocenters. The van der Waals surface area contributed by atoms with E-state index < -0.39 is 29.6 Å². The van der Waals surface area contributed by atoms with Gasteiger partial charge in [-0.2, -0.15) is 0 Å². The maximum atomic E-state index is 13.3. The van der Waals surface area contributed by atoms with Crippen LogP contribution in [0.15, 0.2) is 24.3 Å². The second kappa shape index (κ2) is 6.57. The number of nitrogens with zero attached hydrogens (tertiary/aromatic N) is 2. The van der Waals surface area contributed by atoms with Gasteiger partial charge in [-0.3, -0.25) is 24.2 Å². The molecule has 0 aromatic heterocycles. The third kappa shape index (κ3) is 2.81. The molecule has 3 aliphatic rings. The van der Waals surface area contributed by atoms with Gasteiger partial charge >= 0.3 is 6.03 Å². The SMILES string of the molecule is C[C@H]1CCCC[C@]12NC(=O)N(CC(=O)N1c3ccccc3NC(=O)C1(C)C)C2=O. The van der Waals surface area contributed by atoms with E-state index in [1.165, 1.54) is 4.90 Å². The molecule has 1 spiro atoms. The number of fused-ring (bicyclic) bond motifs is 1. The molecule has 2 atom stereocenters. The maximum absolute atomic E-state index is 13.3. The smallest absolute Gasteiger partial charge is 0.323 e. The predicted octanol–water partition coefficient (Wildman–Crippen LogP) is 2.25. The average Bonchev–Trinajstić information content (AvgIpc) is 2.90. The van der Waals surface area contributed by atoms with E-state index in [9.17, 15) is 19.2 Å². The van der Waals surface area contributed by atoms with Crippen LogP contribution in [-0.2, 0) is 14.4 Å². The molecule has 1 aromatic carbocycles. The molecule has 2 aliphatic heterocycles. The monoisotopic (exact) mass is 398 g/mol. The summed E-state index contributed by atoms with van der Waals surface area (Å²) in [7, 11) is 0. The van der Waals surface area contributed by atoms with E-state index in [0.717, 1.165) is 24.2 Å². The fraction of sp³-hybridized carbons (Fsp3) is 0.524. The van der Waals surface area contributed by atoms with Crippen molar-refractivity contribution in [2.45, 2.75) is 57.5 Å². The lowest BCUT2D eigenvalue weighted by Crippen LogP contribution is -2.60. The van der Waals surface area contributed by atoms with Crippen molar-refractivity contribution in [3.05, 3.63) is 24.3 Å². The second-order valence-electron chi connectivity index (χ2n) is 8.70. The number of carbonyl (C=O) groups excluding carboxylic acids is 4. The summed E-state index contributed by atoms with van der Waals surface area (Å²) < 4.78 is 0. The Hall–Kier alpha value is -2.90. The van der Waals surface area contributed by atoms with Crippen molar-refractivity contribution >= 4 is 35.1 Å². The normalized spacial score (nSPS) is 28.2. The van der Waals surface area contributed by atoms with Crippen LogP contribution in [0.5, 0.6) is 0 Å². The van der Waals surface area contributed by atoms with E-state index in [-0.39, 0.29) is 17.7 Å². The Morgan fingerprint density at radius 1 is 1.17 bits per heavy atom. The average molecular weight is 398 g/mol. The van der Waals surface area contributed by atoms with Gasteiger partial charge in [0.2, 0.25) is 11.8 Å². The molecular formula is C21H26N4O4. The molecular weight excluding hydrogens is 372 g/mol. The van der Waals surface area contributed by atoms with Crippen molar-refractivity contribution in [1.82, 2.24) is 10.2 Å². The minimum Gasteiger partial charge on any atom is -0.323 e. The van der Waals surface area contributed by atoms with Gasteiger partial charge in [0.25, 0.3) is 5.91 Å². The summed E-state index contributed by atoms with van der Waals surface area (Å²) in [4.78, 5) is 54.1. The summed E-state index contributed by atoms with van der Waals surface area (Å²) in [5.74, 6) is -1.11. The topological polar surface area (TPSA) is 98.8 Å². The van der Waals surface area contributed by atoms with Gasteiger partial charge in [0.15, 0.2) is 0 Å². The molecule has 0 radical (unpaired) electrons. The summed E-state index contributed by atoms with van der Waals surface area (Å²) in [6.45, 7) is 4.86. The number of carbonyl (C=O) groups is 4. The fourth-order valence-corrected chi connectivity index (χ4v) is 4.74. The van der Waals surface area contributed by atoms with Gasteiger partial charge in [0.05, 0.1) is 11.4 Å². The first-order valence-electron chi connectivity index (χ1n) is 10.1. The van der Waals surface area contributed by atoms with Crippen molar-refractivity contribution in [2.24, 2.45) is 5.92 Å². The van der Waals surface area contributed by atoms with Crippen LogP contribution in [-0.4, -0.2) is 46.3 Å². The van der Waals surface area contributed by atoms with Crippen molar-refractivity contribution in [1.29, 1.82) is 0 Å². The number of hydrogen-bond acceptors (Lipinski definition) is 4. The van der Waals surface area contributed by atoms with Crippen LogP contribution in [0.2, 0.25) is 0 Å². The van der Waals surface area contributed by atoms with Gasteiger partial charge in [-0.15, -0.1) is 0 Å². The van der Waals surface area contributed by atoms with E-state index in [2.05, 4.69) is 10.6 Å². The molecule has 0 bridgehead atoms. The van der Waals surface area contributed by atoms with Crippen molar-refractivity contribution < 1.29 is 19.2 Å². The van der Waals surface area contributed by atoms with Crippen LogP contribution < -0.4 is 15.5 Å². The first kappa shape index (κ1) is 19.4. The quantitative estimate of drug-likeness (QED) is 0.747. The highest BCUT2D eigenvalue weighted by Gasteiger charge is 2.56. The van der Waals surface area contributed by atoms with Crippen LogP contribution in [0.3, 0.4) is 0 Å². The van der Waals surface area contributed by atoms with E-state index in [0.29, 0.717) is 17.8 Å². The molecule has 8 heteroatoms. The highest BCUT2D eigenvalue weighted by Crippen LogP contribution is 2.39. The Kier molecular flexibility index (Phi) is 4.40. The summed E-state index contributed by atoms with van der Waals surface area (Å²) in [5.41, 5.74) is -0.988. The molecule has 154 valence electrons. The molecule has 4 rings (SSSR count). The van der Waals surface area contributed by atoms with Gasteiger partial charge in [0, 0.05) is 0 Å². The summed E-state index contributed by atoms with van der Waals surface area (Å²) in [6, 6.07) is 6.47. The standard InChI is InChI=1S/C21H26N4O4/c1-13-8-6-7-11-21(13)18(28)24(19(29)23-21)12-16(26)25-15-10-5-4-9-14(15)22-17(27)20(25,2)3/h4-5,9-10,13H,6-8,11-12H2,1-3H3,(H,22,27)(H,23,29)/t13-,21-/m0/s1. The van der Waals surface area contributed by atoms with Crippen molar-refractivity contribution in [2.75, 3.05) is 16.8 Å². The number of rotatable bonds is 2. The van der Waals surface area contributed by atoms with Crippen LogP contribution in [0.25, 0.3) is 0 Å². The summed E-state index contributed by atoms with van der Waals surface area (Å²) in [6.07, 6.45) is 3.34. The zero-order valence-electron chi connectivity index (χ0n) is 16.9. The molecule has 1 saturated carbocycles.